The molecule has 3 heterocycles. The number of rotatable bonds is 4. The van der Waals surface area contributed by atoms with Gasteiger partial charge >= 0.3 is 0 Å². The Bertz CT molecular complexity index is 458. The van der Waals surface area contributed by atoms with E-state index in [-0.39, 0.29) is 36.8 Å². The molecule has 0 spiro atoms. The van der Waals surface area contributed by atoms with Gasteiger partial charge in [0.25, 0.3) is 0 Å². The molecule has 2 saturated heterocycles. The average molecular weight is 383 g/mol. The molecule has 0 bridgehead atoms. The van der Waals surface area contributed by atoms with E-state index in [9.17, 15) is 4.79 Å². The lowest BCUT2D eigenvalue weighted by molar-refractivity contribution is -0.132. The largest absolute Gasteiger partial charge is 0.368 e. The Hall–Kier alpha value is -0.440. The molecule has 2 fully saturated rings. The second-order valence-corrected chi connectivity index (χ2v) is 6.34. The fourth-order valence-corrected chi connectivity index (χ4v) is 3.45. The summed E-state index contributed by atoms with van der Waals surface area (Å²) in [5.74, 6) is 0.272. The quantitative estimate of drug-likeness (QED) is 0.847. The van der Waals surface area contributed by atoms with E-state index in [2.05, 4.69) is 15.2 Å². The SMILES string of the molecule is Cl.Cl.O=C(CCN1CCOC(c2nccs2)C1)N1CCNCC1. The third-order valence-electron chi connectivity index (χ3n) is 3.99. The van der Waals surface area contributed by atoms with Gasteiger partial charge in [-0.3, -0.25) is 9.69 Å². The Balaban J connectivity index is 0.00000132. The van der Waals surface area contributed by atoms with Gasteiger partial charge in [-0.05, 0) is 0 Å². The molecule has 1 aromatic rings. The number of ether oxygens (including phenoxy) is 1. The molecule has 1 aromatic heterocycles. The Morgan fingerprint density at radius 3 is 2.83 bits per heavy atom. The first kappa shape index (κ1) is 20.6. The molecule has 2 aliphatic rings. The molecule has 0 saturated carbocycles. The van der Waals surface area contributed by atoms with Gasteiger partial charge in [-0.2, -0.15) is 0 Å². The standard InChI is InChI=1S/C14H22N4O2S.2ClH/c19-13(18-6-2-15-3-7-18)1-5-17-8-9-20-12(11-17)14-16-4-10-21-14;;/h4,10,12,15H,1-3,5-9,11H2;2*1H. The van der Waals surface area contributed by atoms with Crippen molar-refractivity contribution in [2.24, 2.45) is 0 Å². The number of thiazole rings is 1. The van der Waals surface area contributed by atoms with Crippen molar-refractivity contribution in [3.8, 4) is 0 Å². The van der Waals surface area contributed by atoms with Crippen LogP contribution in [-0.4, -0.2) is 73.1 Å². The number of hydrogen-bond donors (Lipinski definition) is 1. The van der Waals surface area contributed by atoms with E-state index >= 15 is 0 Å². The van der Waals surface area contributed by atoms with Crippen molar-refractivity contribution in [2.45, 2.75) is 12.5 Å². The molecule has 1 atom stereocenters. The van der Waals surface area contributed by atoms with Crippen LogP contribution in [0, 0.1) is 0 Å². The van der Waals surface area contributed by atoms with Gasteiger partial charge < -0.3 is 15.0 Å². The highest BCUT2D eigenvalue weighted by atomic mass is 35.5. The fourth-order valence-electron chi connectivity index (χ4n) is 2.77. The lowest BCUT2D eigenvalue weighted by Crippen LogP contribution is -2.47. The number of morpholine rings is 1. The van der Waals surface area contributed by atoms with Crippen molar-refractivity contribution < 1.29 is 9.53 Å². The van der Waals surface area contributed by atoms with Crippen LogP contribution in [0.25, 0.3) is 0 Å². The highest BCUT2D eigenvalue weighted by Gasteiger charge is 2.24. The monoisotopic (exact) mass is 382 g/mol. The van der Waals surface area contributed by atoms with Gasteiger partial charge in [-0.25, -0.2) is 4.98 Å². The molecule has 9 heteroatoms. The molecule has 3 rings (SSSR count). The third kappa shape index (κ3) is 5.85. The van der Waals surface area contributed by atoms with Gasteiger partial charge in [-0.15, -0.1) is 36.2 Å². The number of hydrogen-bond acceptors (Lipinski definition) is 6. The van der Waals surface area contributed by atoms with Crippen molar-refractivity contribution in [1.82, 2.24) is 20.1 Å². The van der Waals surface area contributed by atoms with E-state index < -0.39 is 0 Å². The highest BCUT2D eigenvalue weighted by molar-refractivity contribution is 7.09. The summed E-state index contributed by atoms with van der Waals surface area (Å²) in [4.78, 5) is 20.8. The van der Waals surface area contributed by atoms with Crippen LogP contribution in [-0.2, 0) is 9.53 Å². The minimum Gasteiger partial charge on any atom is -0.368 e. The van der Waals surface area contributed by atoms with E-state index in [0.717, 1.165) is 50.8 Å². The summed E-state index contributed by atoms with van der Waals surface area (Å²) in [6.45, 7) is 6.76. The maximum Gasteiger partial charge on any atom is 0.223 e. The van der Waals surface area contributed by atoms with Crippen molar-refractivity contribution in [3.63, 3.8) is 0 Å². The maximum atomic E-state index is 12.2. The molecular formula is C14H24Cl2N4O2S. The van der Waals surface area contributed by atoms with Gasteiger partial charge in [0.05, 0.1) is 6.61 Å². The number of carbonyl (C=O) groups is 1. The third-order valence-corrected chi connectivity index (χ3v) is 4.86. The van der Waals surface area contributed by atoms with Crippen molar-refractivity contribution in [3.05, 3.63) is 16.6 Å². The normalized spacial score (nSPS) is 22.1. The number of piperazine rings is 1. The number of nitrogens with one attached hydrogen (secondary N) is 1. The number of aromatic nitrogens is 1. The zero-order chi connectivity index (χ0) is 14.5. The summed E-state index contributed by atoms with van der Waals surface area (Å²) in [6, 6.07) is 0. The molecular weight excluding hydrogens is 359 g/mol. The molecule has 1 amide bonds. The van der Waals surface area contributed by atoms with E-state index in [1.54, 1.807) is 11.3 Å². The average Bonchev–Trinajstić information content (AvgIpc) is 3.08. The summed E-state index contributed by atoms with van der Waals surface area (Å²) in [5.41, 5.74) is 0. The predicted octanol–water partition coefficient (Wildman–Crippen LogP) is 1.18. The molecule has 0 radical (unpaired) electrons. The summed E-state index contributed by atoms with van der Waals surface area (Å²) in [7, 11) is 0. The predicted molar refractivity (Wildman–Crippen MR) is 95.8 cm³/mol. The lowest BCUT2D eigenvalue weighted by Gasteiger charge is -2.33. The molecule has 0 aromatic carbocycles. The number of halogens is 2. The first-order valence-corrected chi connectivity index (χ1v) is 8.43. The minimum atomic E-state index is 0. The van der Waals surface area contributed by atoms with Crippen LogP contribution in [0.4, 0.5) is 0 Å². The molecule has 23 heavy (non-hydrogen) atoms. The van der Waals surface area contributed by atoms with Crippen LogP contribution in [0.5, 0.6) is 0 Å². The second kappa shape index (κ2) is 10.4. The Morgan fingerprint density at radius 2 is 2.13 bits per heavy atom. The van der Waals surface area contributed by atoms with Crippen LogP contribution in [0.2, 0.25) is 0 Å². The lowest BCUT2D eigenvalue weighted by atomic mass is 10.2. The summed E-state index contributed by atoms with van der Waals surface area (Å²) < 4.78 is 5.78. The minimum absolute atomic E-state index is 0. The second-order valence-electron chi connectivity index (χ2n) is 5.41. The first-order chi connectivity index (χ1) is 10.3. The number of nitrogens with zero attached hydrogens (tertiary/aromatic N) is 3. The topological polar surface area (TPSA) is 57.7 Å². The van der Waals surface area contributed by atoms with Crippen LogP contribution in [0.1, 0.15) is 17.5 Å². The van der Waals surface area contributed by atoms with E-state index in [1.807, 2.05) is 16.5 Å². The fraction of sp³-hybridized carbons (Fsp3) is 0.714. The maximum absolute atomic E-state index is 12.2. The Kier molecular flexibility index (Phi) is 9.34. The van der Waals surface area contributed by atoms with E-state index in [1.165, 1.54) is 0 Å². The van der Waals surface area contributed by atoms with Crippen molar-refractivity contribution >= 4 is 42.1 Å². The first-order valence-electron chi connectivity index (χ1n) is 7.55. The smallest absolute Gasteiger partial charge is 0.223 e. The molecule has 1 N–H and O–H groups in total. The number of carbonyl (C=O) groups excluding carboxylic acids is 1. The zero-order valence-corrected chi connectivity index (χ0v) is 15.4. The summed E-state index contributed by atoms with van der Waals surface area (Å²) in [5, 5.41) is 6.28. The molecule has 1 unspecified atom stereocenters. The van der Waals surface area contributed by atoms with Gasteiger partial charge in [0, 0.05) is 63.8 Å². The van der Waals surface area contributed by atoms with E-state index in [0.29, 0.717) is 13.0 Å². The van der Waals surface area contributed by atoms with Crippen LogP contribution in [0.3, 0.4) is 0 Å². The molecule has 0 aliphatic carbocycles. The van der Waals surface area contributed by atoms with E-state index in [4.69, 9.17) is 4.74 Å². The van der Waals surface area contributed by atoms with Crippen LogP contribution in [0.15, 0.2) is 11.6 Å². The van der Waals surface area contributed by atoms with Crippen LogP contribution >= 0.6 is 36.2 Å². The van der Waals surface area contributed by atoms with Crippen LogP contribution < -0.4 is 5.32 Å². The molecule has 2 aliphatic heterocycles. The molecule has 132 valence electrons. The Labute approximate surface area is 153 Å². The van der Waals surface area contributed by atoms with Gasteiger partial charge in [0.2, 0.25) is 5.91 Å². The van der Waals surface area contributed by atoms with Gasteiger partial charge in [0.1, 0.15) is 11.1 Å². The Morgan fingerprint density at radius 1 is 1.35 bits per heavy atom. The van der Waals surface area contributed by atoms with Crippen molar-refractivity contribution in [2.75, 3.05) is 52.4 Å². The zero-order valence-electron chi connectivity index (χ0n) is 13.0. The molecule has 6 nitrogen and oxygen atoms in total. The van der Waals surface area contributed by atoms with Gasteiger partial charge in [-0.1, -0.05) is 0 Å². The summed E-state index contributed by atoms with van der Waals surface area (Å²) >= 11 is 1.63. The van der Waals surface area contributed by atoms with Gasteiger partial charge in [0.15, 0.2) is 0 Å². The van der Waals surface area contributed by atoms with Crippen molar-refractivity contribution in [1.29, 1.82) is 0 Å². The highest BCUT2D eigenvalue weighted by Crippen LogP contribution is 2.23. The number of amides is 1. The summed E-state index contributed by atoms with van der Waals surface area (Å²) in [6.07, 6.45) is 2.48.